The van der Waals surface area contributed by atoms with Crippen LogP contribution in [-0.4, -0.2) is 15.0 Å². The summed E-state index contributed by atoms with van der Waals surface area (Å²) in [6.07, 6.45) is 0. The van der Waals surface area contributed by atoms with Gasteiger partial charge in [-0.15, -0.1) is 0 Å². The standard InChI is InChI=1S/C22H23BrN2O2S/c1-3-25(15-17-9-5-4-6-10-17)21-11-7-8-16(2)22(21)28(26,27)18-12-13-20(24)19(23)14-18/h4-14H,3,15,24H2,1-2H3. The fraction of sp³-hybridized carbons (Fsp3) is 0.182. The van der Waals surface area contributed by atoms with Crippen molar-refractivity contribution in [2.75, 3.05) is 17.2 Å². The van der Waals surface area contributed by atoms with Crippen LogP contribution in [0.2, 0.25) is 0 Å². The van der Waals surface area contributed by atoms with Crippen LogP contribution in [0.25, 0.3) is 0 Å². The SMILES string of the molecule is CCN(Cc1ccccc1)c1cccc(C)c1S(=O)(=O)c1ccc(N)c(Br)c1. The number of hydrogen-bond donors (Lipinski definition) is 1. The van der Waals surface area contributed by atoms with Crippen LogP contribution < -0.4 is 10.6 Å². The summed E-state index contributed by atoms with van der Waals surface area (Å²) in [6.45, 7) is 5.18. The number of nitrogens with zero attached hydrogens (tertiary/aromatic N) is 1. The van der Waals surface area contributed by atoms with Crippen LogP contribution in [0.5, 0.6) is 0 Å². The first kappa shape index (κ1) is 20.4. The topological polar surface area (TPSA) is 63.4 Å². The lowest BCUT2D eigenvalue weighted by Gasteiger charge is -2.27. The van der Waals surface area contributed by atoms with E-state index in [-0.39, 0.29) is 4.90 Å². The zero-order chi connectivity index (χ0) is 20.3. The van der Waals surface area contributed by atoms with E-state index in [0.717, 1.165) is 11.1 Å². The third kappa shape index (κ3) is 4.08. The molecule has 4 nitrogen and oxygen atoms in total. The van der Waals surface area contributed by atoms with Gasteiger partial charge in [-0.3, -0.25) is 0 Å². The fourth-order valence-corrected chi connectivity index (χ4v) is 5.45. The Bertz CT molecular complexity index is 1080. The van der Waals surface area contributed by atoms with Gasteiger partial charge in [0.15, 0.2) is 0 Å². The normalized spacial score (nSPS) is 11.4. The van der Waals surface area contributed by atoms with Crippen LogP contribution in [-0.2, 0) is 16.4 Å². The number of aryl methyl sites for hydroxylation is 1. The van der Waals surface area contributed by atoms with Crippen molar-refractivity contribution in [2.24, 2.45) is 0 Å². The number of hydrogen-bond acceptors (Lipinski definition) is 4. The third-order valence-electron chi connectivity index (χ3n) is 4.68. The van der Waals surface area contributed by atoms with Gasteiger partial charge in [0.05, 0.1) is 15.5 Å². The van der Waals surface area contributed by atoms with Gasteiger partial charge in [-0.05, 0) is 65.2 Å². The summed E-state index contributed by atoms with van der Waals surface area (Å²) in [5, 5.41) is 0. The molecule has 0 aliphatic carbocycles. The maximum atomic E-state index is 13.5. The summed E-state index contributed by atoms with van der Waals surface area (Å²) >= 11 is 3.34. The number of nitrogen functional groups attached to an aromatic ring is 1. The average Bonchev–Trinajstić information content (AvgIpc) is 2.68. The molecule has 0 aliphatic heterocycles. The van der Waals surface area contributed by atoms with E-state index in [1.165, 1.54) is 0 Å². The number of sulfone groups is 1. The number of halogens is 1. The molecule has 0 saturated carbocycles. The molecule has 0 fully saturated rings. The van der Waals surface area contributed by atoms with Crippen molar-refractivity contribution in [1.29, 1.82) is 0 Å². The molecule has 3 aromatic carbocycles. The van der Waals surface area contributed by atoms with Crippen LogP contribution in [0.15, 0.2) is 81.0 Å². The first-order valence-corrected chi connectivity index (χ1v) is 11.3. The van der Waals surface area contributed by atoms with E-state index in [2.05, 4.69) is 20.8 Å². The van der Waals surface area contributed by atoms with Crippen molar-refractivity contribution in [3.8, 4) is 0 Å². The van der Waals surface area contributed by atoms with Gasteiger partial charge in [-0.1, -0.05) is 42.5 Å². The number of nitrogens with two attached hydrogens (primary N) is 1. The zero-order valence-electron chi connectivity index (χ0n) is 15.9. The monoisotopic (exact) mass is 458 g/mol. The molecule has 0 aromatic heterocycles. The van der Waals surface area contributed by atoms with E-state index in [1.54, 1.807) is 18.2 Å². The minimum absolute atomic E-state index is 0.222. The van der Waals surface area contributed by atoms with Crippen molar-refractivity contribution >= 4 is 37.1 Å². The average molecular weight is 459 g/mol. The number of anilines is 2. The van der Waals surface area contributed by atoms with E-state index in [9.17, 15) is 8.42 Å². The molecule has 0 spiro atoms. The molecule has 0 atom stereocenters. The van der Waals surface area contributed by atoms with Gasteiger partial charge in [0.1, 0.15) is 0 Å². The lowest BCUT2D eigenvalue weighted by Crippen LogP contribution is -2.24. The quantitative estimate of drug-likeness (QED) is 0.515. The predicted octanol–water partition coefficient (Wildman–Crippen LogP) is 5.20. The van der Waals surface area contributed by atoms with Gasteiger partial charge in [-0.2, -0.15) is 0 Å². The molecule has 0 unspecified atom stereocenters. The lowest BCUT2D eigenvalue weighted by molar-refractivity contribution is 0.595. The number of benzene rings is 3. The summed E-state index contributed by atoms with van der Waals surface area (Å²) in [4.78, 5) is 2.64. The molecular formula is C22H23BrN2O2S. The van der Waals surface area contributed by atoms with E-state index in [4.69, 9.17) is 5.73 Å². The Morgan fingerprint density at radius 3 is 2.36 bits per heavy atom. The molecule has 3 aromatic rings. The minimum atomic E-state index is -3.71. The van der Waals surface area contributed by atoms with Crippen LogP contribution in [0.3, 0.4) is 0 Å². The predicted molar refractivity (Wildman–Crippen MR) is 118 cm³/mol. The molecule has 0 radical (unpaired) electrons. The minimum Gasteiger partial charge on any atom is -0.398 e. The van der Waals surface area contributed by atoms with Crippen molar-refractivity contribution in [2.45, 2.75) is 30.2 Å². The maximum absolute atomic E-state index is 13.5. The molecule has 0 bridgehead atoms. The zero-order valence-corrected chi connectivity index (χ0v) is 18.3. The molecule has 0 saturated heterocycles. The fourth-order valence-electron chi connectivity index (χ4n) is 3.20. The highest BCUT2D eigenvalue weighted by molar-refractivity contribution is 9.10. The van der Waals surface area contributed by atoms with Gasteiger partial charge < -0.3 is 10.6 Å². The Hall–Kier alpha value is -2.31. The smallest absolute Gasteiger partial charge is 0.208 e. The molecule has 2 N–H and O–H groups in total. The highest BCUT2D eigenvalue weighted by Gasteiger charge is 2.26. The summed E-state index contributed by atoms with van der Waals surface area (Å²) in [5.41, 5.74) is 8.90. The van der Waals surface area contributed by atoms with E-state index >= 15 is 0 Å². The molecule has 6 heteroatoms. The van der Waals surface area contributed by atoms with Crippen molar-refractivity contribution in [3.05, 3.63) is 82.3 Å². The van der Waals surface area contributed by atoms with Crippen LogP contribution in [0, 0.1) is 6.92 Å². The second-order valence-corrected chi connectivity index (χ2v) is 9.35. The van der Waals surface area contributed by atoms with E-state index < -0.39 is 9.84 Å². The van der Waals surface area contributed by atoms with Crippen molar-refractivity contribution < 1.29 is 8.42 Å². The molecule has 146 valence electrons. The first-order chi connectivity index (χ1) is 13.3. The highest BCUT2D eigenvalue weighted by atomic mass is 79.9. The van der Waals surface area contributed by atoms with Gasteiger partial charge in [0.25, 0.3) is 0 Å². The summed E-state index contributed by atoms with van der Waals surface area (Å²) < 4.78 is 27.6. The van der Waals surface area contributed by atoms with Crippen molar-refractivity contribution in [1.82, 2.24) is 0 Å². The van der Waals surface area contributed by atoms with Gasteiger partial charge in [-0.25, -0.2) is 8.42 Å². The van der Waals surface area contributed by atoms with E-state index in [0.29, 0.717) is 33.8 Å². The Balaban J connectivity index is 2.12. The summed E-state index contributed by atoms with van der Waals surface area (Å²) in [7, 11) is -3.71. The maximum Gasteiger partial charge on any atom is 0.208 e. The molecule has 28 heavy (non-hydrogen) atoms. The van der Waals surface area contributed by atoms with Crippen LogP contribution in [0.1, 0.15) is 18.1 Å². The van der Waals surface area contributed by atoms with Crippen LogP contribution in [0.4, 0.5) is 11.4 Å². The Morgan fingerprint density at radius 2 is 1.71 bits per heavy atom. The third-order valence-corrected chi connectivity index (χ3v) is 7.31. The van der Waals surface area contributed by atoms with Gasteiger partial charge in [0.2, 0.25) is 9.84 Å². The molecular weight excluding hydrogens is 436 g/mol. The van der Waals surface area contributed by atoms with Gasteiger partial charge >= 0.3 is 0 Å². The molecule has 0 heterocycles. The van der Waals surface area contributed by atoms with Crippen LogP contribution >= 0.6 is 15.9 Å². The molecule has 3 rings (SSSR count). The summed E-state index contributed by atoms with van der Waals surface area (Å²) in [5.74, 6) is 0. The largest absolute Gasteiger partial charge is 0.398 e. The van der Waals surface area contributed by atoms with E-state index in [1.807, 2.05) is 62.4 Å². The Kier molecular flexibility index (Phi) is 6.10. The Labute approximate surface area is 175 Å². The lowest BCUT2D eigenvalue weighted by atomic mass is 10.1. The molecule has 0 aliphatic rings. The highest BCUT2D eigenvalue weighted by Crippen LogP contribution is 2.35. The van der Waals surface area contributed by atoms with Gasteiger partial charge in [0, 0.05) is 23.2 Å². The Morgan fingerprint density at radius 1 is 1.00 bits per heavy atom. The molecule has 0 amide bonds. The second kappa shape index (κ2) is 8.37. The van der Waals surface area contributed by atoms with Crippen molar-refractivity contribution in [3.63, 3.8) is 0 Å². The number of rotatable bonds is 6. The summed E-state index contributed by atoms with van der Waals surface area (Å²) in [6, 6.07) is 20.4. The second-order valence-electron chi connectivity index (χ2n) is 6.61. The first-order valence-electron chi connectivity index (χ1n) is 9.03.